The quantitative estimate of drug-likeness (QED) is 0.440. The van der Waals surface area contributed by atoms with Crippen LogP contribution in [0.3, 0.4) is 0 Å². The lowest BCUT2D eigenvalue weighted by Gasteiger charge is -2.14. The molecule has 0 aliphatic carbocycles. The van der Waals surface area contributed by atoms with Crippen molar-refractivity contribution in [1.29, 1.82) is 0 Å². The predicted molar refractivity (Wildman–Crippen MR) is 104 cm³/mol. The molecule has 0 N–H and O–H groups in total. The van der Waals surface area contributed by atoms with Gasteiger partial charge in [0, 0.05) is 11.0 Å². The molecule has 0 fully saturated rings. The normalized spacial score (nSPS) is 11.6. The predicted octanol–water partition coefficient (Wildman–Crippen LogP) is 4.71. The van der Waals surface area contributed by atoms with Crippen LogP contribution in [-0.4, -0.2) is 14.5 Å². The molecule has 132 valence electrons. The van der Waals surface area contributed by atoms with Gasteiger partial charge in [0.05, 0.1) is 22.3 Å². The maximum atomic E-state index is 13.0. The van der Waals surface area contributed by atoms with Gasteiger partial charge in [0.1, 0.15) is 5.76 Å². The Labute approximate surface area is 159 Å². The molecule has 0 atom stereocenters. The Bertz CT molecular complexity index is 959. The van der Waals surface area contributed by atoms with Crippen LogP contribution in [0.4, 0.5) is 0 Å². The minimum absolute atomic E-state index is 0.0118. The highest BCUT2D eigenvalue weighted by Crippen LogP contribution is 2.24. The van der Waals surface area contributed by atoms with Crippen LogP contribution in [0.25, 0.3) is 10.9 Å². The van der Waals surface area contributed by atoms with Crippen LogP contribution in [0.15, 0.2) is 37.0 Å². The first-order valence-electron chi connectivity index (χ1n) is 8.11. The van der Waals surface area contributed by atoms with E-state index in [1.54, 1.807) is 4.57 Å². The van der Waals surface area contributed by atoms with Crippen LogP contribution < -0.4 is 5.56 Å². The standard InChI is InChI=1S/C18H20BrN3O2S/c1-10(2)8-22-17(23)14-7-13(19)5-6-15(14)21-18(22)25-9-16-20-11(3)12(4)24-16/h5-7,10H,8-9H2,1-4H3. The summed E-state index contributed by atoms with van der Waals surface area (Å²) in [6.07, 6.45) is 0. The van der Waals surface area contributed by atoms with Gasteiger partial charge in [0.2, 0.25) is 5.89 Å². The summed E-state index contributed by atoms with van der Waals surface area (Å²) in [5, 5.41) is 1.32. The lowest BCUT2D eigenvalue weighted by Crippen LogP contribution is -2.25. The summed E-state index contributed by atoms with van der Waals surface area (Å²) in [5.41, 5.74) is 1.59. The third-order valence-corrected chi connectivity index (χ3v) is 5.28. The Hall–Kier alpha value is -1.60. The second kappa shape index (κ2) is 7.33. The fourth-order valence-corrected chi connectivity index (χ4v) is 3.75. The van der Waals surface area contributed by atoms with E-state index < -0.39 is 0 Å². The second-order valence-corrected chi connectivity index (χ2v) is 8.26. The number of aromatic nitrogens is 3. The van der Waals surface area contributed by atoms with Gasteiger partial charge in [-0.25, -0.2) is 9.97 Å². The lowest BCUT2D eigenvalue weighted by molar-refractivity contribution is 0.473. The maximum absolute atomic E-state index is 13.0. The number of halogens is 1. The smallest absolute Gasteiger partial charge is 0.262 e. The van der Waals surface area contributed by atoms with Crippen molar-refractivity contribution >= 4 is 38.6 Å². The molecule has 25 heavy (non-hydrogen) atoms. The number of oxazole rings is 1. The van der Waals surface area contributed by atoms with Crippen molar-refractivity contribution in [1.82, 2.24) is 14.5 Å². The zero-order valence-electron chi connectivity index (χ0n) is 14.7. The molecule has 1 aromatic carbocycles. The van der Waals surface area contributed by atoms with E-state index in [2.05, 4.69) is 34.8 Å². The Kier molecular flexibility index (Phi) is 5.34. The topological polar surface area (TPSA) is 60.9 Å². The lowest BCUT2D eigenvalue weighted by atomic mass is 10.2. The van der Waals surface area contributed by atoms with Gasteiger partial charge in [-0.1, -0.05) is 41.5 Å². The zero-order valence-corrected chi connectivity index (χ0v) is 17.1. The van der Waals surface area contributed by atoms with Crippen molar-refractivity contribution in [3.8, 4) is 0 Å². The maximum Gasteiger partial charge on any atom is 0.262 e. The molecule has 0 saturated heterocycles. The van der Waals surface area contributed by atoms with Crippen LogP contribution in [0, 0.1) is 19.8 Å². The summed E-state index contributed by atoms with van der Waals surface area (Å²) in [6, 6.07) is 5.59. The molecule has 2 heterocycles. The van der Waals surface area contributed by atoms with E-state index in [0.29, 0.717) is 40.2 Å². The summed E-state index contributed by atoms with van der Waals surface area (Å²) in [4.78, 5) is 22.1. The summed E-state index contributed by atoms with van der Waals surface area (Å²) in [6.45, 7) is 8.63. The minimum atomic E-state index is -0.0118. The van der Waals surface area contributed by atoms with Gasteiger partial charge in [0.15, 0.2) is 5.16 Å². The fraction of sp³-hybridized carbons (Fsp3) is 0.389. The minimum Gasteiger partial charge on any atom is -0.445 e. The van der Waals surface area contributed by atoms with E-state index >= 15 is 0 Å². The molecule has 0 spiro atoms. The summed E-state index contributed by atoms with van der Waals surface area (Å²) < 4.78 is 8.27. The Morgan fingerprint density at radius 2 is 2.04 bits per heavy atom. The molecule has 0 bridgehead atoms. The van der Waals surface area contributed by atoms with Gasteiger partial charge in [-0.05, 0) is 38.0 Å². The van der Waals surface area contributed by atoms with Crippen molar-refractivity contribution < 1.29 is 4.42 Å². The number of hydrogen-bond donors (Lipinski definition) is 0. The van der Waals surface area contributed by atoms with Crippen LogP contribution in [-0.2, 0) is 12.3 Å². The molecular formula is C18H20BrN3O2S. The SMILES string of the molecule is Cc1nc(CSc2nc3ccc(Br)cc3c(=O)n2CC(C)C)oc1C. The van der Waals surface area contributed by atoms with E-state index in [9.17, 15) is 4.79 Å². The van der Waals surface area contributed by atoms with Gasteiger partial charge >= 0.3 is 0 Å². The number of aryl methyl sites for hydroxylation is 2. The zero-order chi connectivity index (χ0) is 18.1. The molecule has 0 unspecified atom stereocenters. The molecule has 0 saturated carbocycles. The molecule has 0 radical (unpaired) electrons. The van der Waals surface area contributed by atoms with E-state index in [-0.39, 0.29) is 5.56 Å². The van der Waals surface area contributed by atoms with Crippen LogP contribution in [0.1, 0.15) is 31.2 Å². The van der Waals surface area contributed by atoms with Crippen LogP contribution in [0.5, 0.6) is 0 Å². The van der Waals surface area contributed by atoms with Gasteiger partial charge in [-0.15, -0.1) is 0 Å². The average Bonchev–Trinajstić information content (AvgIpc) is 2.87. The Morgan fingerprint density at radius 1 is 1.28 bits per heavy atom. The van der Waals surface area contributed by atoms with E-state index in [4.69, 9.17) is 9.40 Å². The van der Waals surface area contributed by atoms with Gasteiger partial charge in [-0.2, -0.15) is 0 Å². The molecule has 2 aromatic heterocycles. The highest BCUT2D eigenvalue weighted by atomic mass is 79.9. The molecule has 7 heteroatoms. The highest BCUT2D eigenvalue weighted by Gasteiger charge is 2.15. The first-order valence-corrected chi connectivity index (χ1v) is 9.89. The van der Waals surface area contributed by atoms with Gasteiger partial charge in [-0.3, -0.25) is 9.36 Å². The fourth-order valence-electron chi connectivity index (χ4n) is 2.54. The summed E-state index contributed by atoms with van der Waals surface area (Å²) in [7, 11) is 0. The first-order chi connectivity index (χ1) is 11.8. The van der Waals surface area contributed by atoms with Crippen molar-refractivity contribution in [3.63, 3.8) is 0 Å². The third-order valence-electron chi connectivity index (χ3n) is 3.83. The molecule has 3 aromatic rings. The molecule has 5 nitrogen and oxygen atoms in total. The summed E-state index contributed by atoms with van der Waals surface area (Å²) >= 11 is 4.91. The second-order valence-electron chi connectivity index (χ2n) is 6.40. The van der Waals surface area contributed by atoms with Crippen LogP contribution in [0.2, 0.25) is 0 Å². The number of fused-ring (bicyclic) bond motifs is 1. The molecule has 0 aliphatic rings. The summed E-state index contributed by atoms with van der Waals surface area (Å²) in [5.74, 6) is 2.36. The average molecular weight is 422 g/mol. The number of thioether (sulfide) groups is 1. The van der Waals surface area contributed by atoms with Crippen molar-refractivity contribution in [3.05, 3.63) is 50.4 Å². The number of benzene rings is 1. The molecule has 0 aliphatic heterocycles. The Morgan fingerprint density at radius 3 is 2.68 bits per heavy atom. The third kappa shape index (κ3) is 3.98. The van der Waals surface area contributed by atoms with Gasteiger partial charge in [0.25, 0.3) is 5.56 Å². The monoisotopic (exact) mass is 421 g/mol. The van der Waals surface area contributed by atoms with Crippen molar-refractivity contribution in [2.75, 3.05) is 0 Å². The molecule has 3 rings (SSSR count). The highest BCUT2D eigenvalue weighted by molar-refractivity contribution is 9.10. The van der Waals surface area contributed by atoms with E-state index in [0.717, 1.165) is 15.9 Å². The largest absolute Gasteiger partial charge is 0.445 e. The van der Waals surface area contributed by atoms with Crippen molar-refractivity contribution in [2.45, 2.75) is 45.1 Å². The number of hydrogen-bond acceptors (Lipinski definition) is 5. The Balaban J connectivity index is 2.02. The van der Waals surface area contributed by atoms with E-state index in [1.165, 1.54) is 11.8 Å². The molecule has 0 amide bonds. The molecular weight excluding hydrogens is 402 g/mol. The first kappa shape index (κ1) is 18.2. The van der Waals surface area contributed by atoms with Gasteiger partial charge < -0.3 is 4.42 Å². The number of rotatable bonds is 5. The van der Waals surface area contributed by atoms with E-state index in [1.807, 2.05) is 32.0 Å². The number of nitrogens with zero attached hydrogens (tertiary/aromatic N) is 3. The van der Waals surface area contributed by atoms with Crippen LogP contribution >= 0.6 is 27.7 Å². The van der Waals surface area contributed by atoms with Crippen molar-refractivity contribution in [2.24, 2.45) is 5.92 Å².